The first-order valence-corrected chi connectivity index (χ1v) is 5.73. The zero-order valence-electron chi connectivity index (χ0n) is 8.40. The molecule has 0 bridgehead atoms. The molecule has 3 rings (SSSR count). The number of aryl methyl sites for hydroxylation is 1. The van der Waals surface area contributed by atoms with Crippen LogP contribution in [-0.2, 0) is 6.42 Å². The molecule has 0 aromatic carbocycles. The third-order valence-corrected chi connectivity index (χ3v) is 3.63. The van der Waals surface area contributed by atoms with E-state index in [9.17, 15) is 0 Å². The van der Waals surface area contributed by atoms with Gasteiger partial charge >= 0.3 is 0 Å². The molecule has 74 valence electrons. The van der Waals surface area contributed by atoms with Crippen LogP contribution < -0.4 is 0 Å². The molecule has 2 aromatic rings. The van der Waals surface area contributed by atoms with Crippen molar-refractivity contribution in [2.24, 2.45) is 0 Å². The molecule has 0 amide bonds. The van der Waals surface area contributed by atoms with E-state index in [1.807, 2.05) is 19.2 Å². The first-order chi connectivity index (χ1) is 7.33. The summed E-state index contributed by atoms with van der Waals surface area (Å²) in [5, 5.41) is 1.13. The maximum Gasteiger partial charge on any atom is 0.105 e. The van der Waals surface area contributed by atoms with E-state index in [0.29, 0.717) is 0 Å². The van der Waals surface area contributed by atoms with E-state index in [-0.39, 0.29) is 0 Å². The van der Waals surface area contributed by atoms with Gasteiger partial charge in [0.15, 0.2) is 0 Å². The summed E-state index contributed by atoms with van der Waals surface area (Å²) in [7, 11) is 0. The Bertz CT molecular complexity index is 523. The highest BCUT2D eigenvalue weighted by Gasteiger charge is 2.17. The molecule has 0 unspecified atom stereocenters. The Morgan fingerprint density at radius 3 is 3.13 bits per heavy atom. The molecule has 0 aliphatic carbocycles. The molecule has 1 aliphatic rings. The Morgan fingerprint density at radius 1 is 1.27 bits per heavy atom. The highest BCUT2D eigenvalue weighted by molar-refractivity contribution is 7.99. The minimum atomic E-state index is 0.909. The van der Waals surface area contributed by atoms with E-state index < -0.39 is 0 Å². The molecule has 0 saturated heterocycles. The first kappa shape index (κ1) is 8.92. The number of pyridine rings is 2. The molecule has 0 radical (unpaired) electrons. The molecular formula is C12H10N2S. The third kappa shape index (κ3) is 1.53. The van der Waals surface area contributed by atoms with Crippen molar-refractivity contribution in [3.05, 3.63) is 47.4 Å². The highest BCUT2D eigenvalue weighted by atomic mass is 32.2. The number of hydrogen-bond acceptors (Lipinski definition) is 3. The van der Waals surface area contributed by atoms with E-state index in [1.165, 1.54) is 16.2 Å². The predicted molar refractivity (Wildman–Crippen MR) is 60.1 cm³/mol. The van der Waals surface area contributed by atoms with Crippen molar-refractivity contribution in [1.29, 1.82) is 0 Å². The molecule has 0 saturated carbocycles. The second kappa shape index (κ2) is 3.35. The minimum Gasteiger partial charge on any atom is -0.260 e. The molecule has 0 atom stereocenters. The van der Waals surface area contributed by atoms with E-state index >= 15 is 0 Å². The van der Waals surface area contributed by atoms with Crippen LogP contribution in [0.25, 0.3) is 0 Å². The van der Waals surface area contributed by atoms with Crippen LogP contribution in [0.5, 0.6) is 0 Å². The van der Waals surface area contributed by atoms with Crippen LogP contribution in [-0.4, -0.2) is 9.97 Å². The Hall–Kier alpha value is -1.35. The van der Waals surface area contributed by atoms with Crippen LogP contribution in [0, 0.1) is 6.92 Å². The zero-order chi connectivity index (χ0) is 10.3. The van der Waals surface area contributed by atoms with Crippen LogP contribution in [0.3, 0.4) is 0 Å². The molecule has 15 heavy (non-hydrogen) atoms. The summed E-state index contributed by atoms with van der Waals surface area (Å²) in [4.78, 5) is 10.2. The third-order valence-electron chi connectivity index (χ3n) is 2.49. The normalized spacial score (nSPS) is 13.1. The van der Waals surface area contributed by atoms with Crippen LogP contribution in [0.2, 0.25) is 0 Å². The van der Waals surface area contributed by atoms with Crippen molar-refractivity contribution in [2.75, 3.05) is 0 Å². The molecule has 3 heterocycles. The first-order valence-electron chi connectivity index (χ1n) is 4.91. The quantitative estimate of drug-likeness (QED) is 0.575. The van der Waals surface area contributed by atoms with Gasteiger partial charge < -0.3 is 0 Å². The van der Waals surface area contributed by atoms with Crippen molar-refractivity contribution in [3.63, 3.8) is 0 Å². The highest BCUT2D eigenvalue weighted by Crippen LogP contribution is 2.36. The number of rotatable bonds is 0. The zero-order valence-corrected chi connectivity index (χ0v) is 9.21. The summed E-state index contributed by atoms with van der Waals surface area (Å²) in [6, 6.07) is 8.31. The van der Waals surface area contributed by atoms with Crippen LogP contribution in [0.1, 0.15) is 17.0 Å². The van der Waals surface area contributed by atoms with E-state index in [0.717, 1.165) is 17.1 Å². The van der Waals surface area contributed by atoms with Crippen LogP contribution >= 0.6 is 11.8 Å². The van der Waals surface area contributed by atoms with Gasteiger partial charge in [-0.05, 0) is 30.7 Å². The molecule has 3 heteroatoms. The molecule has 0 fully saturated rings. The lowest BCUT2D eigenvalue weighted by molar-refractivity contribution is 0.913. The van der Waals surface area contributed by atoms with E-state index in [2.05, 4.69) is 28.2 Å². The van der Waals surface area contributed by atoms with Gasteiger partial charge in [-0.2, -0.15) is 0 Å². The summed E-state index contributed by atoms with van der Waals surface area (Å²) in [6.07, 6.45) is 2.76. The Morgan fingerprint density at radius 2 is 2.20 bits per heavy atom. The Kier molecular flexibility index (Phi) is 1.99. The summed E-state index contributed by atoms with van der Waals surface area (Å²) in [6.45, 7) is 2.03. The number of nitrogens with zero attached hydrogens (tertiary/aromatic N) is 2. The van der Waals surface area contributed by atoms with Gasteiger partial charge in [0.1, 0.15) is 5.03 Å². The fourth-order valence-corrected chi connectivity index (χ4v) is 2.78. The number of hydrogen-bond donors (Lipinski definition) is 0. The van der Waals surface area contributed by atoms with Gasteiger partial charge in [0.2, 0.25) is 0 Å². The summed E-state index contributed by atoms with van der Waals surface area (Å²) in [5.41, 5.74) is 3.53. The molecule has 0 spiro atoms. The number of fused-ring (bicyclic) bond motifs is 2. The molecule has 1 aliphatic heterocycles. The summed E-state index contributed by atoms with van der Waals surface area (Å²) in [5.74, 6) is 0. The SMILES string of the molecule is Cc1ccc2c(n1)Sc1cccnc1C2. The summed E-state index contributed by atoms with van der Waals surface area (Å²) < 4.78 is 0. The lowest BCUT2D eigenvalue weighted by atomic mass is 10.1. The average molecular weight is 214 g/mol. The van der Waals surface area contributed by atoms with Crippen molar-refractivity contribution in [1.82, 2.24) is 9.97 Å². The van der Waals surface area contributed by atoms with Gasteiger partial charge in [0.25, 0.3) is 0 Å². The maximum atomic E-state index is 4.55. The molecule has 0 N–H and O–H groups in total. The second-order valence-electron chi connectivity index (χ2n) is 3.64. The smallest absolute Gasteiger partial charge is 0.105 e. The molecule has 2 aromatic heterocycles. The molecular weight excluding hydrogens is 204 g/mol. The monoisotopic (exact) mass is 214 g/mol. The van der Waals surface area contributed by atoms with Gasteiger partial charge in [-0.25, -0.2) is 4.98 Å². The van der Waals surface area contributed by atoms with Crippen LogP contribution in [0.4, 0.5) is 0 Å². The van der Waals surface area contributed by atoms with Gasteiger partial charge in [0.05, 0.1) is 5.69 Å². The van der Waals surface area contributed by atoms with Gasteiger partial charge in [-0.1, -0.05) is 17.8 Å². The van der Waals surface area contributed by atoms with Crippen molar-refractivity contribution >= 4 is 11.8 Å². The summed E-state index contributed by atoms with van der Waals surface area (Å²) >= 11 is 1.72. The largest absolute Gasteiger partial charge is 0.260 e. The van der Waals surface area contributed by atoms with Crippen molar-refractivity contribution in [3.8, 4) is 0 Å². The minimum absolute atomic E-state index is 0.909. The van der Waals surface area contributed by atoms with E-state index in [4.69, 9.17) is 0 Å². The Balaban J connectivity index is 2.11. The fraction of sp³-hybridized carbons (Fsp3) is 0.167. The van der Waals surface area contributed by atoms with Crippen molar-refractivity contribution in [2.45, 2.75) is 23.3 Å². The predicted octanol–water partition coefficient (Wildman–Crippen LogP) is 2.84. The van der Waals surface area contributed by atoms with E-state index in [1.54, 1.807) is 11.8 Å². The van der Waals surface area contributed by atoms with Crippen molar-refractivity contribution < 1.29 is 0 Å². The lowest BCUT2D eigenvalue weighted by Crippen LogP contribution is -2.03. The topological polar surface area (TPSA) is 25.8 Å². The van der Waals surface area contributed by atoms with Crippen LogP contribution in [0.15, 0.2) is 40.4 Å². The second-order valence-corrected chi connectivity index (χ2v) is 4.67. The van der Waals surface area contributed by atoms with Gasteiger partial charge in [-0.3, -0.25) is 4.98 Å². The maximum absolute atomic E-state index is 4.55. The fourth-order valence-electron chi connectivity index (χ4n) is 1.72. The lowest BCUT2D eigenvalue weighted by Gasteiger charge is -2.16. The molecule has 2 nitrogen and oxygen atoms in total. The average Bonchev–Trinajstić information content (AvgIpc) is 2.26. The van der Waals surface area contributed by atoms with Gasteiger partial charge in [0, 0.05) is 23.2 Å². The number of aromatic nitrogens is 2. The Labute approximate surface area is 92.8 Å². The standard InChI is InChI=1S/C12H10N2S/c1-8-4-5-9-7-10-11(3-2-6-13-10)15-12(9)14-8/h2-6H,7H2,1H3. The van der Waals surface area contributed by atoms with Gasteiger partial charge in [-0.15, -0.1) is 0 Å².